The molecule has 6 heterocycles. The number of hydrogen-bond donors (Lipinski definition) is 4. The summed E-state index contributed by atoms with van der Waals surface area (Å²) in [5.41, 5.74) is 4.56. The molecule has 19 nitrogen and oxygen atoms in total. The number of carbonyl (C=O) groups is 4. The van der Waals surface area contributed by atoms with Gasteiger partial charge in [0, 0.05) is 64.5 Å². The van der Waals surface area contributed by atoms with Crippen molar-refractivity contribution < 1.29 is 38.3 Å². The first-order chi connectivity index (χ1) is 34.8. The Morgan fingerprint density at radius 1 is 0.932 bits per heavy atom. The Balaban J connectivity index is 0.749. The Kier molecular flexibility index (Phi) is 14.5. The number of pyridine rings is 1. The largest absolute Gasteiger partial charge is 0.482 e. The van der Waals surface area contributed by atoms with E-state index in [4.69, 9.17) is 30.6 Å². The molecule has 0 radical (unpaired) electrons. The van der Waals surface area contributed by atoms with Crippen LogP contribution in [-0.2, 0) is 19.2 Å². The lowest BCUT2D eigenvalue weighted by Gasteiger charge is -2.35. The number of aromatic nitrogens is 6. The fourth-order valence-electron chi connectivity index (χ4n) is 9.26. The third kappa shape index (κ3) is 11.2. The molecule has 4 N–H and O–H groups in total. The molecule has 9 rings (SSSR count). The van der Waals surface area contributed by atoms with E-state index >= 15 is 0 Å². The summed E-state index contributed by atoms with van der Waals surface area (Å²) < 4.78 is 19.1. The van der Waals surface area contributed by atoms with Crippen molar-refractivity contribution in [1.29, 1.82) is 0 Å². The lowest BCUT2D eigenvalue weighted by atomic mass is 9.85. The number of β-amino-alcohol motifs (C(OH)–C–C–N with tert-alkyl or cyclic N) is 1. The highest BCUT2D eigenvalue weighted by atomic mass is 35.5. The van der Waals surface area contributed by atoms with Gasteiger partial charge in [-0.1, -0.05) is 61.8 Å². The van der Waals surface area contributed by atoms with Crippen LogP contribution in [0.2, 0.25) is 5.02 Å². The SMILES string of the molecule is Cc1noc(-c2ccc([C@H](C)NC(=O)[C@@H]3C[C@@H](O)CN3C(=O)[C@@H](NC(=O)COc3ccc(OC4CC(NC(=O)C[C@@H]5N=C(c6ccc(Cl)cc6)c6c(sc(C)c6C)-n6c(C)nnc65)C4)nc3)C(C)(C)C)cc2)n1. The minimum absolute atomic E-state index is 0.0469. The molecule has 2 aromatic carbocycles. The van der Waals surface area contributed by atoms with Crippen LogP contribution >= 0.6 is 22.9 Å². The Hall–Kier alpha value is -7.03. The van der Waals surface area contributed by atoms with E-state index < -0.39 is 60.0 Å². The van der Waals surface area contributed by atoms with Gasteiger partial charge in [0.1, 0.15) is 40.8 Å². The maximum absolute atomic E-state index is 14.2. The predicted octanol–water partition coefficient (Wildman–Crippen LogP) is 6.42. The average Bonchev–Trinajstić information content (AvgIpc) is 4.11. The van der Waals surface area contributed by atoms with Gasteiger partial charge in [-0.3, -0.25) is 28.7 Å². The number of carbonyl (C=O) groups excluding carboxylic acids is 4. The van der Waals surface area contributed by atoms with Gasteiger partial charge in [-0.15, -0.1) is 21.5 Å². The number of aliphatic hydroxyl groups is 1. The third-order valence-electron chi connectivity index (χ3n) is 13.4. The summed E-state index contributed by atoms with van der Waals surface area (Å²) in [7, 11) is 0. The number of fused-ring (bicyclic) bond motifs is 3. The van der Waals surface area contributed by atoms with Crippen molar-refractivity contribution in [1.82, 2.24) is 50.7 Å². The normalized spacial score (nSPS) is 20.1. The monoisotopic (exact) mass is 1030 g/mol. The number of aliphatic imine (C=N–C) groups is 1. The van der Waals surface area contributed by atoms with Gasteiger partial charge in [-0.25, -0.2) is 4.98 Å². The molecule has 0 bridgehead atoms. The molecule has 21 heteroatoms. The third-order valence-corrected chi connectivity index (χ3v) is 14.8. The van der Waals surface area contributed by atoms with Crippen LogP contribution in [0.3, 0.4) is 0 Å². The molecule has 4 aromatic heterocycles. The molecule has 5 atom stereocenters. The van der Waals surface area contributed by atoms with Gasteiger partial charge in [0.25, 0.3) is 11.8 Å². The van der Waals surface area contributed by atoms with E-state index in [9.17, 15) is 24.3 Å². The Labute approximate surface area is 431 Å². The van der Waals surface area contributed by atoms with Gasteiger partial charge in [-0.2, -0.15) is 4.98 Å². The highest BCUT2D eigenvalue weighted by Crippen LogP contribution is 2.40. The van der Waals surface area contributed by atoms with Gasteiger partial charge >= 0.3 is 0 Å². The zero-order chi connectivity index (χ0) is 51.9. The Morgan fingerprint density at radius 3 is 2.33 bits per heavy atom. The Bertz CT molecular complexity index is 3050. The van der Waals surface area contributed by atoms with Crippen LogP contribution in [0.1, 0.15) is 110 Å². The Morgan fingerprint density at radius 2 is 1.66 bits per heavy atom. The first-order valence-corrected chi connectivity index (χ1v) is 25.4. The molecule has 0 unspecified atom stereocenters. The number of ether oxygens (including phenoxy) is 2. The van der Waals surface area contributed by atoms with E-state index in [1.54, 1.807) is 30.4 Å². The van der Waals surface area contributed by atoms with Crippen LogP contribution in [0.25, 0.3) is 16.5 Å². The van der Waals surface area contributed by atoms with Crippen molar-refractivity contribution in [2.45, 2.75) is 123 Å². The topological polar surface area (TPSA) is 241 Å². The quantitative estimate of drug-likeness (QED) is 0.0870. The van der Waals surface area contributed by atoms with E-state index in [1.165, 1.54) is 11.1 Å². The van der Waals surface area contributed by atoms with Crippen molar-refractivity contribution in [2.24, 2.45) is 10.4 Å². The number of thiophene rings is 1. The smallest absolute Gasteiger partial charge is 0.258 e. The molecule has 3 aliphatic rings. The molecule has 382 valence electrons. The molecule has 1 saturated carbocycles. The van der Waals surface area contributed by atoms with E-state index in [0.29, 0.717) is 52.9 Å². The summed E-state index contributed by atoms with van der Waals surface area (Å²) in [5.74, 6) is 1.25. The van der Waals surface area contributed by atoms with Crippen LogP contribution in [0.15, 0.2) is 76.4 Å². The summed E-state index contributed by atoms with van der Waals surface area (Å²) >= 11 is 7.92. The number of likely N-dealkylation sites (tertiary alicyclic amines) is 1. The number of nitrogens with zero attached hydrogens (tertiary/aromatic N) is 8. The first kappa shape index (κ1) is 50.9. The van der Waals surface area contributed by atoms with Crippen LogP contribution in [0, 0.1) is 33.1 Å². The molecule has 2 fully saturated rings. The summed E-state index contributed by atoms with van der Waals surface area (Å²) in [6, 6.07) is 15.1. The highest BCUT2D eigenvalue weighted by Gasteiger charge is 2.45. The van der Waals surface area contributed by atoms with E-state index in [2.05, 4.69) is 55.1 Å². The van der Waals surface area contributed by atoms with Crippen molar-refractivity contribution in [2.75, 3.05) is 13.2 Å². The maximum Gasteiger partial charge on any atom is 0.258 e. The van der Waals surface area contributed by atoms with Crippen molar-refractivity contribution in [3.8, 4) is 28.1 Å². The summed E-state index contributed by atoms with van der Waals surface area (Å²) in [4.78, 5) is 71.2. The van der Waals surface area contributed by atoms with Crippen molar-refractivity contribution in [3.63, 3.8) is 0 Å². The van der Waals surface area contributed by atoms with E-state index in [0.717, 1.165) is 43.4 Å². The van der Waals surface area contributed by atoms with Crippen LogP contribution in [0.5, 0.6) is 11.6 Å². The summed E-state index contributed by atoms with van der Waals surface area (Å²) in [6.45, 7) is 14.6. The fraction of sp³-hybridized carbons (Fsp3) is 0.423. The molecule has 2 aliphatic heterocycles. The second-order valence-electron chi connectivity index (χ2n) is 20.0. The first-order valence-electron chi connectivity index (χ1n) is 24.2. The van der Waals surface area contributed by atoms with Gasteiger partial charge in [0.2, 0.25) is 23.6 Å². The fourth-order valence-corrected chi connectivity index (χ4v) is 10.6. The number of nitrogens with one attached hydrogen (secondary N) is 3. The average molecular weight is 1030 g/mol. The molecule has 1 aliphatic carbocycles. The molecular weight excluding hydrogens is 974 g/mol. The number of hydrogen-bond acceptors (Lipinski definition) is 15. The molecule has 73 heavy (non-hydrogen) atoms. The minimum atomic E-state index is -1.04. The minimum Gasteiger partial charge on any atom is -0.482 e. The number of rotatable bonds is 15. The number of aryl methyl sites for hydroxylation is 3. The molecule has 1 saturated heterocycles. The number of amides is 4. The zero-order valence-electron chi connectivity index (χ0n) is 41.8. The number of aliphatic hydroxyl groups excluding tert-OH is 1. The molecule has 4 amide bonds. The lowest BCUT2D eigenvalue weighted by molar-refractivity contribution is -0.144. The summed E-state index contributed by atoms with van der Waals surface area (Å²) in [6.07, 6.45) is 1.61. The van der Waals surface area contributed by atoms with Gasteiger partial charge < -0.3 is 40.0 Å². The van der Waals surface area contributed by atoms with Crippen molar-refractivity contribution in [3.05, 3.63) is 116 Å². The van der Waals surface area contributed by atoms with Crippen LogP contribution in [0.4, 0.5) is 0 Å². The maximum atomic E-state index is 14.2. The highest BCUT2D eigenvalue weighted by molar-refractivity contribution is 7.15. The van der Waals surface area contributed by atoms with Crippen LogP contribution < -0.4 is 25.4 Å². The lowest BCUT2D eigenvalue weighted by Crippen LogP contribution is -2.58. The predicted molar refractivity (Wildman–Crippen MR) is 272 cm³/mol. The number of benzene rings is 2. The van der Waals surface area contributed by atoms with Gasteiger partial charge in [-0.05, 0) is 81.5 Å². The standard InChI is InChI=1S/C52H58ClN11O8S/c1-26-28(3)73-51-44(26)45(32-13-15-34(53)16-14-32)58-39(47-61-60-30(5)64(47)51)22-41(66)57-35-19-38(20-35)71-43-18-17-37(23-54-43)70-25-42(67)59-46(52(6,7)8)50(69)63-24-36(65)21-40(63)48(68)55-27(2)31-9-11-33(12-10-31)49-56-29(4)62-72-49/h9-18,23,27,35-36,38-40,46,65H,19-22,24-25H2,1-8H3,(H,55,68)(H,57,66)(H,59,67)/t27-,35?,36+,38?,39-,40-,46+/m0/s1. The van der Waals surface area contributed by atoms with E-state index in [1.807, 2.05) is 87.7 Å². The molecule has 0 spiro atoms. The second kappa shape index (κ2) is 20.8. The van der Waals surface area contributed by atoms with E-state index in [-0.39, 0.29) is 37.4 Å². The number of halogens is 1. The van der Waals surface area contributed by atoms with Crippen molar-refractivity contribution >= 4 is 52.3 Å². The van der Waals surface area contributed by atoms with Crippen LogP contribution in [-0.4, -0.2) is 113 Å². The second-order valence-corrected chi connectivity index (χ2v) is 21.6. The zero-order valence-corrected chi connectivity index (χ0v) is 43.4. The molecule has 6 aromatic rings. The van der Waals surface area contributed by atoms with Gasteiger partial charge in [0.05, 0.1) is 30.5 Å². The summed E-state index contributed by atoms with van der Waals surface area (Å²) in [5, 5.41) is 33.9. The molecular formula is C52H58ClN11O8S. The van der Waals surface area contributed by atoms with Gasteiger partial charge in [0.15, 0.2) is 18.3 Å².